The van der Waals surface area contributed by atoms with Crippen molar-refractivity contribution in [2.75, 3.05) is 0 Å². The summed E-state index contributed by atoms with van der Waals surface area (Å²) in [4.78, 5) is 16.1. The molecule has 0 aliphatic heterocycles. The molecule has 112 valence electrons. The molecule has 1 unspecified atom stereocenters. The number of hydrogen-bond donors (Lipinski definition) is 1. The Morgan fingerprint density at radius 3 is 2.52 bits per heavy atom. The fourth-order valence-corrected chi connectivity index (χ4v) is 4.52. The fraction of sp³-hybridized carbons (Fsp3) is 0.286. The van der Waals surface area contributed by atoms with Crippen molar-refractivity contribution in [1.29, 1.82) is 0 Å². The Morgan fingerprint density at radius 1 is 1.33 bits per heavy atom. The van der Waals surface area contributed by atoms with Crippen LogP contribution in [0.15, 0.2) is 30.3 Å². The summed E-state index contributed by atoms with van der Waals surface area (Å²) in [5.74, 6) is -1.05. The number of sulfone groups is 1. The van der Waals surface area contributed by atoms with E-state index in [1.807, 2.05) is 30.3 Å². The van der Waals surface area contributed by atoms with Crippen LogP contribution in [0.25, 0.3) is 10.6 Å². The van der Waals surface area contributed by atoms with Gasteiger partial charge in [-0.1, -0.05) is 30.3 Å². The first-order chi connectivity index (χ1) is 9.81. The molecule has 5 nitrogen and oxygen atoms in total. The lowest BCUT2D eigenvalue weighted by molar-refractivity contribution is -0.117. The van der Waals surface area contributed by atoms with Crippen LogP contribution in [0, 0.1) is 6.92 Å². The van der Waals surface area contributed by atoms with Crippen molar-refractivity contribution in [1.82, 2.24) is 4.98 Å². The van der Waals surface area contributed by atoms with Gasteiger partial charge in [0.15, 0.2) is 9.84 Å². The maximum atomic E-state index is 12.1. The molecule has 7 heteroatoms. The molecule has 2 N–H and O–H groups in total. The smallest absolute Gasteiger partial charge is 0.235 e. The second-order valence-electron chi connectivity index (χ2n) is 4.75. The standard InChI is InChI=1S/C14H16N2O3S2/c1-9-12(8-21(18,19)10(2)13(15)17)20-14(16-9)11-6-4-3-5-7-11/h3-7,10H,8H2,1-2H3,(H2,15,17). The number of aromatic nitrogens is 1. The minimum atomic E-state index is -3.61. The molecule has 2 rings (SSSR count). The van der Waals surface area contributed by atoms with Gasteiger partial charge >= 0.3 is 0 Å². The average Bonchev–Trinajstić information content (AvgIpc) is 2.79. The van der Waals surface area contributed by atoms with Gasteiger partial charge in [-0.05, 0) is 13.8 Å². The molecule has 1 amide bonds. The third kappa shape index (κ3) is 3.48. The molecule has 0 aliphatic carbocycles. The normalized spacial score (nSPS) is 13.0. The van der Waals surface area contributed by atoms with Crippen LogP contribution in [0.5, 0.6) is 0 Å². The van der Waals surface area contributed by atoms with E-state index in [1.165, 1.54) is 18.3 Å². The Labute approximate surface area is 127 Å². The first kappa shape index (κ1) is 15.7. The molecule has 0 spiro atoms. The zero-order valence-electron chi connectivity index (χ0n) is 11.7. The van der Waals surface area contributed by atoms with Gasteiger partial charge in [0.05, 0.1) is 11.4 Å². The quantitative estimate of drug-likeness (QED) is 0.909. The number of hydrogen-bond acceptors (Lipinski definition) is 5. The molecular weight excluding hydrogens is 308 g/mol. The summed E-state index contributed by atoms with van der Waals surface area (Å²) < 4.78 is 24.2. The van der Waals surface area contributed by atoms with E-state index in [0.29, 0.717) is 10.6 Å². The SMILES string of the molecule is Cc1nc(-c2ccccc2)sc1CS(=O)(=O)C(C)C(N)=O. The van der Waals surface area contributed by atoms with Crippen LogP contribution in [-0.4, -0.2) is 24.6 Å². The number of carbonyl (C=O) groups excluding carboxylic acids is 1. The number of benzene rings is 1. The molecule has 0 bridgehead atoms. The first-order valence-corrected chi connectivity index (χ1v) is 8.87. The third-order valence-corrected chi connectivity index (χ3v) is 6.57. The van der Waals surface area contributed by atoms with Crippen LogP contribution in [0.3, 0.4) is 0 Å². The van der Waals surface area contributed by atoms with Gasteiger partial charge in [-0.2, -0.15) is 0 Å². The molecule has 1 aromatic carbocycles. The second kappa shape index (κ2) is 5.95. The van der Waals surface area contributed by atoms with E-state index in [0.717, 1.165) is 10.6 Å². The Morgan fingerprint density at radius 2 is 1.95 bits per heavy atom. The van der Waals surface area contributed by atoms with Gasteiger partial charge in [0.2, 0.25) is 5.91 Å². The fourth-order valence-electron chi connectivity index (χ4n) is 1.75. The molecule has 0 saturated carbocycles. The largest absolute Gasteiger partial charge is 0.369 e. The zero-order chi connectivity index (χ0) is 15.6. The molecule has 0 saturated heterocycles. The van der Waals surface area contributed by atoms with Crippen LogP contribution in [-0.2, 0) is 20.4 Å². The van der Waals surface area contributed by atoms with Crippen molar-refractivity contribution in [3.8, 4) is 10.6 Å². The predicted molar refractivity (Wildman–Crippen MR) is 83.6 cm³/mol. The predicted octanol–water partition coefficient (Wildman–Crippen LogP) is 1.91. The molecule has 2 aromatic rings. The molecule has 1 aromatic heterocycles. The highest BCUT2D eigenvalue weighted by Crippen LogP contribution is 2.29. The third-order valence-electron chi connectivity index (χ3n) is 3.19. The van der Waals surface area contributed by atoms with E-state index in [9.17, 15) is 13.2 Å². The summed E-state index contributed by atoms with van der Waals surface area (Å²) in [7, 11) is -3.61. The van der Waals surface area contributed by atoms with E-state index in [4.69, 9.17) is 5.73 Å². The molecule has 0 radical (unpaired) electrons. The lowest BCUT2D eigenvalue weighted by atomic mass is 10.2. The molecule has 0 fully saturated rings. The summed E-state index contributed by atoms with van der Waals surface area (Å²) in [6.45, 7) is 3.08. The zero-order valence-corrected chi connectivity index (χ0v) is 13.4. The highest BCUT2D eigenvalue weighted by molar-refractivity contribution is 7.92. The van der Waals surface area contributed by atoms with Crippen molar-refractivity contribution in [2.24, 2.45) is 5.73 Å². The van der Waals surface area contributed by atoms with E-state index < -0.39 is 21.0 Å². The Kier molecular flexibility index (Phi) is 4.43. The lowest BCUT2D eigenvalue weighted by Gasteiger charge is -2.08. The number of carbonyl (C=O) groups is 1. The number of nitrogens with two attached hydrogens (primary N) is 1. The van der Waals surface area contributed by atoms with Crippen molar-refractivity contribution in [3.63, 3.8) is 0 Å². The highest BCUT2D eigenvalue weighted by atomic mass is 32.2. The van der Waals surface area contributed by atoms with Crippen molar-refractivity contribution >= 4 is 27.1 Å². The number of rotatable bonds is 5. The van der Waals surface area contributed by atoms with E-state index >= 15 is 0 Å². The first-order valence-electron chi connectivity index (χ1n) is 6.34. The van der Waals surface area contributed by atoms with Crippen LogP contribution in [0.4, 0.5) is 0 Å². The van der Waals surface area contributed by atoms with Crippen molar-refractivity contribution in [3.05, 3.63) is 40.9 Å². The molecule has 1 heterocycles. The average molecular weight is 324 g/mol. The maximum Gasteiger partial charge on any atom is 0.235 e. The Hall–Kier alpha value is -1.73. The lowest BCUT2D eigenvalue weighted by Crippen LogP contribution is -2.33. The summed E-state index contributed by atoms with van der Waals surface area (Å²) in [5, 5.41) is -0.427. The van der Waals surface area contributed by atoms with Crippen LogP contribution in [0.2, 0.25) is 0 Å². The molecule has 0 aliphatic rings. The van der Waals surface area contributed by atoms with Gasteiger partial charge in [-0.15, -0.1) is 11.3 Å². The van der Waals surface area contributed by atoms with Gasteiger partial charge < -0.3 is 5.73 Å². The van der Waals surface area contributed by atoms with Crippen molar-refractivity contribution in [2.45, 2.75) is 24.9 Å². The summed E-state index contributed by atoms with van der Waals surface area (Å²) in [5.41, 5.74) is 6.69. The number of primary amides is 1. The minimum absolute atomic E-state index is 0.215. The monoisotopic (exact) mass is 324 g/mol. The highest BCUT2D eigenvalue weighted by Gasteiger charge is 2.28. The van der Waals surface area contributed by atoms with Gasteiger partial charge in [-0.3, -0.25) is 4.79 Å². The van der Waals surface area contributed by atoms with Crippen molar-refractivity contribution < 1.29 is 13.2 Å². The molecule has 1 atom stereocenters. The molecular formula is C14H16N2O3S2. The molecule has 21 heavy (non-hydrogen) atoms. The number of thiazole rings is 1. The van der Waals surface area contributed by atoms with E-state index in [2.05, 4.69) is 4.98 Å². The number of amides is 1. The van der Waals surface area contributed by atoms with Gasteiger partial charge in [-0.25, -0.2) is 13.4 Å². The topological polar surface area (TPSA) is 90.1 Å². The van der Waals surface area contributed by atoms with Crippen LogP contribution >= 0.6 is 11.3 Å². The summed E-state index contributed by atoms with van der Waals surface area (Å²) >= 11 is 1.33. The summed E-state index contributed by atoms with van der Waals surface area (Å²) in [6, 6.07) is 9.55. The van der Waals surface area contributed by atoms with Crippen LogP contribution < -0.4 is 5.73 Å². The van der Waals surface area contributed by atoms with Gasteiger partial charge in [0, 0.05) is 10.4 Å². The van der Waals surface area contributed by atoms with E-state index in [-0.39, 0.29) is 5.75 Å². The maximum absolute atomic E-state index is 12.1. The minimum Gasteiger partial charge on any atom is -0.369 e. The number of aryl methyl sites for hydroxylation is 1. The number of nitrogens with zero attached hydrogens (tertiary/aromatic N) is 1. The van der Waals surface area contributed by atoms with Gasteiger partial charge in [0.25, 0.3) is 0 Å². The summed E-state index contributed by atoms with van der Waals surface area (Å²) in [6.07, 6.45) is 0. The Bertz CT molecular complexity index is 752. The van der Waals surface area contributed by atoms with E-state index in [1.54, 1.807) is 6.92 Å². The van der Waals surface area contributed by atoms with Gasteiger partial charge in [0.1, 0.15) is 10.3 Å². The second-order valence-corrected chi connectivity index (χ2v) is 8.15. The van der Waals surface area contributed by atoms with Crippen LogP contribution in [0.1, 0.15) is 17.5 Å². The Balaban J connectivity index is 2.31.